The average Bonchev–Trinajstić information content (AvgIpc) is 3.34. The molecule has 2 fully saturated rings. The van der Waals surface area contributed by atoms with Crippen LogP contribution in [0, 0.1) is 5.92 Å². The number of benzene rings is 2. The highest BCUT2D eigenvalue weighted by atomic mass is 35.5. The van der Waals surface area contributed by atoms with Crippen LogP contribution < -0.4 is 16.0 Å². The number of hydrogen-bond acceptors (Lipinski definition) is 3. The predicted molar refractivity (Wildman–Crippen MR) is 112 cm³/mol. The van der Waals surface area contributed by atoms with Gasteiger partial charge in [-0.1, -0.05) is 30.3 Å². The third kappa shape index (κ3) is 3.84. The molecule has 0 saturated carbocycles. The second-order valence-electron chi connectivity index (χ2n) is 7.15. The summed E-state index contributed by atoms with van der Waals surface area (Å²) in [5, 5.41) is 2.78. The van der Waals surface area contributed by atoms with Crippen molar-refractivity contribution >= 4 is 30.0 Å². The van der Waals surface area contributed by atoms with Crippen molar-refractivity contribution in [2.45, 2.75) is 5.92 Å². The van der Waals surface area contributed by atoms with Gasteiger partial charge in [0.25, 0.3) is 5.91 Å². The van der Waals surface area contributed by atoms with Gasteiger partial charge in [0.1, 0.15) is 0 Å². The molecule has 2 aromatic carbocycles. The molecular formula is C21H25ClN4O2. The van der Waals surface area contributed by atoms with Crippen LogP contribution in [0.1, 0.15) is 21.8 Å². The number of carbonyl (C=O) groups excluding carboxylic acids is 2. The largest absolute Gasteiger partial charge is 0.338 e. The fourth-order valence-corrected chi connectivity index (χ4v) is 4.04. The number of urea groups is 1. The van der Waals surface area contributed by atoms with Gasteiger partial charge in [0, 0.05) is 43.3 Å². The number of nitrogens with one attached hydrogen (secondary N) is 1. The van der Waals surface area contributed by atoms with Crippen LogP contribution in [-0.4, -0.2) is 49.6 Å². The Labute approximate surface area is 171 Å². The van der Waals surface area contributed by atoms with Gasteiger partial charge in [-0.15, -0.1) is 12.4 Å². The molecule has 0 bridgehead atoms. The molecule has 2 saturated heterocycles. The first-order valence-corrected chi connectivity index (χ1v) is 9.37. The van der Waals surface area contributed by atoms with Gasteiger partial charge in [-0.3, -0.25) is 9.69 Å². The highest BCUT2D eigenvalue weighted by molar-refractivity contribution is 5.97. The van der Waals surface area contributed by atoms with Crippen molar-refractivity contribution in [3.63, 3.8) is 0 Å². The maximum Gasteiger partial charge on any atom is 0.321 e. The molecule has 0 unspecified atom stereocenters. The quantitative estimate of drug-likeness (QED) is 0.827. The first-order chi connectivity index (χ1) is 13.2. The molecule has 2 aliphatic heterocycles. The van der Waals surface area contributed by atoms with Crippen LogP contribution in [0.2, 0.25) is 0 Å². The zero-order valence-corrected chi connectivity index (χ0v) is 16.4. The fraction of sp³-hybridized carbons (Fsp3) is 0.333. The monoisotopic (exact) mass is 400 g/mol. The molecule has 2 atom stereocenters. The molecule has 4 rings (SSSR count). The Bertz CT molecular complexity index is 828. The molecule has 3 N–H and O–H groups in total. The lowest BCUT2D eigenvalue weighted by Crippen LogP contribution is -2.30. The Balaban J connectivity index is 0.00000225. The number of anilines is 1. The van der Waals surface area contributed by atoms with Gasteiger partial charge in [-0.25, -0.2) is 4.79 Å². The van der Waals surface area contributed by atoms with Crippen LogP contribution in [0.5, 0.6) is 0 Å². The molecule has 0 aliphatic carbocycles. The fourth-order valence-electron chi connectivity index (χ4n) is 4.04. The Kier molecular flexibility index (Phi) is 6.21. The molecule has 3 amide bonds. The first-order valence-electron chi connectivity index (χ1n) is 9.37. The predicted octanol–water partition coefficient (Wildman–Crippen LogP) is 2.45. The van der Waals surface area contributed by atoms with Crippen molar-refractivity contribution in [3.8, 4) is 0 Å². The van der Waals surface area contributed by atoms with Crippen molar-refractivity contribution in [3.05, 3.63) is 65.7 Å². The minimum Gasteiger partial charge on any atom is -0.338 e. The summed E-state index contributed by atoms with van der Waals surface area (Å²) in [6.07, 6.45) is 0. The molecule has 6 nitrogen and oxygen atoms in total. The Morgan fingerprint density at radius 3 is 2.39 bits per heavy atom. The summed E-state index contributed by atoms with van der Waals surface area (Å²) < 4.78 is 0. The number of amides is 3. The molecule has 148 valence electrons. The number of nitrogens with zero attached hydrogens (tertiary/aromatic N) is 2. The number of carbonyl (C=O) groups is 2. The second-order valence-corrected chi connectivity index (χ2v) is 7.15. The summed E-state index contributed by atoms with van der Waals surface area (Å²) >= 11 is 0. The van der Waals surface area contributed by atoms with Crippen LogP contribution in [0.3, 0.4) is 0 Å². The number of likely N-dealkylation sites (tertiary alicyclic amines) is 1. The van der Waals surface area contributed by atoms with E-state index in [1.54, 1.807) is 17.0 Å². The number of halogens is 1. The van der Waals surface area contributed by atoms with E-state index in [4.69, 9.17) is 5.73 Å². The lowest BCUT2D eigenvalue weighted by molar-refractivity contribution is 0.0786. The van der Waals surface area contributed by atoms with Crippen LogP contribution in [0.15, 0.2) is 54.6 Å². The Morgan fingerprint density at radius 2 is 1.79 bits per heavy atom. The van der Waals surface area contributed by atoms with Gasteiger partial charge in [0.15, 0.2) is 0 Å². The summed E-state index contributed by atoms with van der Waals surface area (Å²) in [7, 11) is 0. The van der Waals surface area contributed by atoms with Gasteiger partial charge in [-0.05, 0) is 42.3 Å². The zero-order valence-electron chi connectivity index (χ0n) is 15.6. The molecule has 0 aromatic heterocycles. The number of nitrogens with two attached hydrogens (primary N) is 1. The molecular weight excluding hydrogens is 376 g/mol. The standard InChI is InChI=1S/C21H24N4O2.ClH/c22-12-17-13-24(14-19(17)15-4-2-1-3-5-15)20(26)16-6-8-18(9-7-16)25-11-10-23-21(25)27;/h1-9,17,19H,10-14,22H2,(H,23,27);1H/t17-,19+;/m1./s1. The van der Waals surface area contributed by atoms with Crippen molar-refractivity contribution in [1.29, 1.82) is 0 Å². The van der Waals surface area contributed by atoms with E-state index in [9.17, 15) is 9.59 Å². The SMILES string of the molecule is Cl.NC[C@@H]1CN(C(=O)c2ccc(N3CCNC3=O)cc2)C[C@H]1c1ccccc1. The highest BCUT2D eigenvalue weighted by Gasteiger charge is 2.35. The Morgan fingerprint density at radius 1 is 1.07 bits per heavy atom. The van der Waals surface area contributed by atoms with Crippen molar-refractivity contribution in [2.24, 2.45) is 11.7 Å². The maximum atomic E-state index is 13.0. The molecule has 28 heavy (non-hydrogen) atoms. The topological polar surface area (TPSA) is 78.7 Å². The number of rotatable bonds is 4. The third-order valence-corrected chi connectivity index (χ3v) is 5.54. The van der Waals surface area contributed by atoms with Gasteiger partial charge < -0.3 is 16.0 Å². The van der Waals surface area contributed by atoms with E-state index < -0.39 is 0 Å². The van der Waals surface area contributed by atoms with Gasteiger partial charge in [-0.2, -0.15) is 0 Å². The molecule has 2 heterocycles. The first kappa shape index (κ1) is 20.2. The second kappa shape index (κ2) is 8.63. The van der Waals surface area contributed by atoms with Crippen LogP contribution in [-0.2, 0) is 0 Å². The maximum absolute atomic E-state index is 13.0. The van der Waals surface area contributed by atoms with Crippen LogP contribution in [0.4, 0.5) is 10.5 Å². The molecule has 0 radical (unpaired) electrons. The van der Waals surface area contributed by atoms with E-state index in [1.165, 1.54) is 5.56 Å². The van der Waals surface area contributed by atoms with Crippen molar-refractivity contribution in [2.75, 3.05) is 37.6 Å². The lowest BCUT2D eigenvalue weighted by Gasteiger charge is -2.18. The van der Waals surface area contributed by atoms with E-state index in [1.807, 2.05) is 35.2 Å². The van der Waals surface area contributed by atoms with Gasteiger partial charge in [0.2, 0.25) is 0 Å². The summed E-state index contributed by atoms with van der Waals surface area (Å²) in [6, 6.07) is 17.5. The smallest absolute Gasteiger partial charge is 0.321 e. The third-order valence-electron chi connectivity index (χ3n) is 5.54. The van der Waals surface area contributed by atoms with E-state index in [0.717, 1.165) is 5.69 Å². The van der Waals surface area contributed by atoms with Crippen molar-refractivity contribution in [1.82, 2.24) is 10.2 Å². The average molecular weight is 401 g/mol. The minimum atomic E-state index is -0.0925. The summed E-state index contributed by atoms with van der Waals surface area (Å²) in [5.41, 5.74) is 8.67. The molecule has 0 spiro atoms. The summed E-state index contributed by atoms with van der Waals surface area (Å²) in [6.45, 7) is 3.21. The molecule has 7 heteroatoms. The normalized spacial score (nSPS) is 21.4. The zero-order chi connectivity index (χ0) is 18.8. The van der Waals surface area contributed by atoms with Crippen molar-refractivity contribution < 1.29 is 9.59 Å². The molecule has 2 aliphatic rings. The van der Waals surface area contributed by atoms with Gasteiger partial charge >= 0.3 is 6.03 Å². The Hall–Kier alpha value is -2.57. The van der Waals surface area contributed by atoms with E-state index in [2.05, 4.69) is 17.4 Å². The van der Waals surface area contributed by atoms with Gasteiger partial charge in [0.05, 0.1) is 0 Å². The summed E-state index contributed by atoms with van der Waals surface area (Å²) in [4.78, 5) is 28.3. The number of hydrogen-bond donors (Lipinski definition) is 2. The van der Waals surface area contributed by atoms with Crippen LogP contribution >= 0.6 is 12.4 Å². The van der Waals surface area contributed by atoms with E-state index >= 15 is 0 Å². The summed E-state index contributed by atoms with van der Waals surface area (Å²) in [5.74, 6) is 0.556. The minimum absolute atomic E-state index is 0. The highest BCUT2D eigenvalue weighted by Crippen LogP contribution is 2.33. The lowest BCUT2D eigenvalue weighted by atomic mass is 9.89. The van der Waals surface area contributed by atoms with Crippen LogP contribution in [0.25, 0.3) is 0 Å². The molecule has 2 aromatic rings. The van der Waals surface area contributed by atoms with E-state index in [0.29, 0.717) is 38.3 Å². The van der Waals surface area contributed by atoms with E-state index in [-0.39, 0.29) is 36.2 Å².